The molecule has 2 atom stereocenters. The molecular formula is C16H18F3NO2. The van der Waals surface area contributed by atoms with Crippen molar-refractivity contribution in [3.05, 3.63) is 35.4 Å². The maximum atomic E-state index is 12.8. The number of carbonyl (C=O) groups excluding carboxylic acids is 1. The SMILES string of the molecule is O=C(CC1CC1)N1C[C@H](O)C[C@@H]1c1cccc(C(F)(F)F)c1. The molecule has 1 amide bonds. The summed E-state index contributed by atoms with van der Waals surface area (Å²) in [6.45, 7) is 0.201. The van der Waals surface area contributed by atoms with E-state index in [1.165, 1.54) is 6.07 Å². The van der Waals surface area contributed by atoms with Gasteiger partial charge in [-0.05, 0) is 42.9 Å². The van der Waals surface area contributed by atoms with Gasteiger partial charge in [0.2, 0.25) is 5.91 Å². The molecule has 1 saturated heterocycles. The number of rotatable bonds is 3. The van der Waals surface area contributed by atoms with E-state index in [1.807, 2.05) is 0 Å². The Hall–Kier alpha value is -1.56. The zero-order valence-electron chi connectivity index (χ0n) is 12.0. The normalized spacial score (nSPS) is 25.5. The van der Waals surface area contributed by atoms with Crippen LogP contribution in [0, 0.1) is 5.92 Å². The lowest BCUT2D eigenvalue weighted by molar-refractivity contribution is -0.137. The third kappa shape index (κ3) is 3.27. The molecule has 0 unspecified atom stereocenters. The maximum Gasteiger partial charge on any atom is 0.416 e. The van der Waals surface area contributed by atoms with Crippen LogP contribution in [0.15, 0.2) is 24.3 Å². The number of hydrogen-bond acceptors (Lipinski definition) is 2. The van der Waals surface area contributed by atoms with Gasteiger partial charge in [-0.2, -0.15) is 13.2 Å². The third-order valence-corrected chi connectivity index (χ3v) is 4.36. The molecule has 1 heterocycles. The summed E-state index contributed by atoms with van der Waals surface area (Å²) in [7, 11) is 0. The summed E-state index contributed by atoms with van der Waals surface area (Å²) in [5.41, 5.74) is -0.281. The quantitative estimate of drug-likeness (QED) is 0.931. The summed E-state index contributed by atoms with van der Waals surface area (Å²) in [4.78, 5) is 13.8. The molecule has 0 radical (unpaired) electrons. The number of hydrogen-bond donors (Lipinski definition) is 1. The van der Waals surface area contributed by atoms with E-state index in [0.29, 0.717) is 17.9 Å². The maximum absolute atomic E-state index is 12.8. The topological polar surface area (TPSA) is 40.5 Å². The number of aliphatic hydroxyl groups is 1. The molecule has 1 N–H and O–H groups in total. The van der Waals surface area contributed by atoms with Gasteiger partial charge < -0.3 is 10.0 Å². The number of likely N-dealkylation sites (tertiary alicyclic amines) is 1. The van der Waals surface area contributed by atoms with Crippen molar-refractivity contribution >= 4 is 5.91 Å². The molecule has 0 spiro atoms. The van der Waals surface area contributed by atoms with E-state index in [-0.39, 0.29) is 18.9 Å². The van der Waals surface area contributed by atoms with Crippen LogP contribution in [0.4, 0.5) is 13.2 Å². The standard InChI is InChI=1S/C16H18F3NO2/c17-16(18,19)12-3-1-2-11(7-12)14-8-13(21)9-20(14)15(22)6-10-4-5-10/h1-3,7,10,13-14,21H,4-6,8-9H2/t13-,14-/m1/s1. The van der Waals surface area contributed by atoms with Crippen molar-refractivity contribution in [1.82, 2.24) is 4.90 Å². The summed E-state index contributed by atoms with van der Waals surface area (Å²) in [6.07, 6.45) is -2.29. The van der Waals surface area contributed by atoms with E-state index < -0.39 is 23.9 Å². The van der Waals surface area contributed by atoms with Gasteiger partial charge in [0.1, 0.15) is 0 Å². The average molecular weight is 313 g/mol. The van der Waals surface area contributed by atoms with E-state index >= 15 is 0 Å². The molecule has 1 aliphatic carbocycles. The van der Waals surface area contributed by atoms with Gasteiger partial charge in [0.15, 0.2) is 0 Å². The van der Waals surface area contributed by atoms with Crippen LogP contribution in [0.2, 0.25) is 0 Å². The summed E-state index contributed by atoms with van der Waals surface area (Å²) in [5, 5.41) is 9.84. The molecular weight excluding hydrogens is 295 g/mol. The van der Waals surface area contributed by atoms with Crippen molar-refractivity contribution in [3.8, 4) is 0 Å². The number of aliphatic hydroxyl groups excluding tert-OH is 1. The van der Waals surface area contributed by atoms with Crippen LogP contribution in [0.3, 0.4) is 0 Å². The molecule has 6 heteroatoms. The molecule has 2 aliphatic rings. The van der Waals surface area contributed by atoms with Crippen LogP contribution in [-0.4, -0.2) is 28.6 Å². The highest BCUT2D eigenvalue weighted by molar-refractivity contribution is 5.77. The smallest absolute Gasteiger partial charge is 0.391 e. The van der Waals surface area contributed by atoms with Gasteiger partial charge in [-0.25, -0.2) is 0 Å². The predicted octanol–water partition coefficient (Wildman–Crippen LogP) is 3.14. The third-order valence-electron chi connectivity index (χ3n) is 4.36. The predicted molar refractivity (Wildman–Crippen MR) is 73.9 cm³/mol. The van der Waals surface area contributed by atoms with Crippen LogP contribution in [0.1, 0.15) is 42.9 Å². The van der Waals surface area contributed by atoms with Crippen LogP contribution >= 0.6 is 0 Å². The van der Waals surface area contributed by atoms with Crippen molar-refractivity contribution in [3.63, 3.8) is 0 Å². The first kappa shape index (κ1) is 15.3. The minimum absolute atomic E-state index is 0.0681. The molecule has 3 rings (SSSR count). The Morgan fingerprint density at radius 3 is 2.68 bits per heavy atom. The largest absolute Gasteiger partial charge is 0.416 e. The number of amides is 1. The summed E-state index contributed by atoms with van der Waals surface area (Å²) < 4.78 is 38.5. The minimum atomic E-state index is -4.41. The molecule has 1 aromatic carbocycles. The highest BCUT2D eigenvalue weighted by atomic mass is 19.4. The van der Waals surface area contributed by atoms with Gasteiger partial charge in [0.25, 0.3) is 0 Å². The molecule has 1 aliphatic heterocycles. The van der Waals surface area contributed by atoms with Crippen molar-refractivity contribution in [2.45, 2.75) is 44.0 Å². The van der Waals surface area contributed by atoms with Crippen molar-refractivity contribution < 1.29 is 23.1 Å². The Labute approximate surface area is 126 Å². The number of β-amino-alcohol motifs (C(OH)–C–C–N with tert-alkyl or cyclic N) is 1. The number of benzene rings is 1. The lowest BCUT2D eigenvalue weighted by Crippen LogP contribution is -2.32. The summed E-state index contributed by atoms with van der Waals surface area (Å²) >= 11 is 0. The van der Waals surface area contributed by atoms with Crippen LogP contribution in [-0.2, 0) is 11.0 Å². The number of carbonyl (C=O) groups is 1. The van der Waals surface area contributed by atoms with Gasteiger partial charge in [-0.3, -0.25) is 4.79 Å². The van der Waals surface area contributed by atoms with Gasteiger partial charge in [-0.1, -0.05) is 12.1 Å². The first-order chi connectivity index (χ1) is 10.3. The molecule has 22 heavy (non-hydrogen) atoms. The summed E-state index contributed by atoms with van der Waals surface area (Å²) in [6, 6.07) is 4.58. The van der Waals surface area contributed by atoms with E-state index in [0.717, 1.165) is 25.0 Å². The Kier molecular flexibility index (Phi) is 3.89. The molecule has 1 saturated carbocycles. The van der Waals surface area contributed by atoms with E-state index in [9.17, 15) is 23.1 Å². The number of nitrogens with zero attached hydrogens (tertiary/aromatic N) is 1. The van der Waals surface area contributed by atoms with Crippen LogP contribution in [0.25, 0.3) is 0 Å². The fourth-order valence-electron chi connectivity index (χ4n) is 3.01. The lowest BCUT2D eigenvalue weighted by atomic mass is 10.0. The second-order valence-corrected chi connectivity index (χ2v) is 6.22. The fourth-order valence-corrected chi connectivity index (χ4v) is 3.01. The zero-order chi connectivity index (χ0) is 15.9. The Morgan fingerprint density at radius 2 is 2.05 bits per heavy atom. The highest BCUT2D eigenvalue weighted by Crippen LogP contribution is 2.39. The van der Waals surface area contributed by atoms with Crippen molar-refractivity contribution in [2.24, 2.45) is 5.92 Å². The average Bonchev–Trinajstić information content (AvgIpc) is 3.17. The Balaban J connectivity index is 1.83. The van der Waals surface area contributed by atoms with Crippen LogP contribution < -0.4 is 0 Å². The molecule has 1 aromatic rings. The van der Waals surface area contributed by atoms with Gasteiger partial charge in [0, 0.05) is 13.0 Å². The second kappa shape index (κ2) is 5.57. The first-order valence-corrected chi connectivity index (χ1v) is 7.49. The zero-order valence-corrected chi connectivity index (χ0v) is 12.0. The molecule has 0 aromatic heterocycles. The van der Waals surface area contributed by atoms with E-state index in [1.54, 1.807) is 11.0 Å². The number of halogens is 3. The highest BCUT2D eigenvalue weighted by Gasteiger charge is 2.38. The van der Waals surface area contributed by atoms with Gasteiger partial charge in [0.05, 0.1) is 17.7 Å². The molecule has 3 nitrogen and oxygen atoms in total. The number of alkyl halides is 3. The second-order valence-electron chi connectivity index (χ2n) is 6.22. The van der Waals surface area contributed by atoms with E-state index in [4.69, 9.17) is 0 Å². The monoisotopic (exact) mass is 313 g/mol. The van der Waals surface area contributed by atoms with E-state index in [2.05, 4.69) is 0 Å². The fraction of sp³-hybridized carbons (Fsp3) is 0.562. The lowest BCUT2D eigenvalue weighted by Gasteiger charge is -2.25. The Bertz CT molecular complexity index is 569. The molecule has 0 bridgehead atoms. The summed E-state index contributed by atoms with van der Waals surface area (Å²) in [5.74, 6) is 0.342. The molecule has 120 valence electrons. The van der Waals surface area contributed by atoms with Crippen molar-refractivity contribution in [1.29, 1.82) is 0 Å². The van der Waals surface area contributed by atoms with Crippen LogP contribution in [0.5, 0.6) is 0 Å². The Morgan fingerprint density at radius 1 is 1.32 bits per heavy atom. The first-order valence-electron chi connectivity index (χ1n) is 7.49. The van der Waals surface area contributed by atoms with Gasteiger partial charge >= 0.3 is 6.18 Å². The molecule has 2 fully saturated rings. The minimum Gasteiger partial charge on any atom is -0.391 e. The van der Waals surface area contributed by atoms with Gasteiger partial charge in [-0.15, -0.1) is 0 Å². The van der Waals surface area contributed by atoms with Crippen molar-refractivity contribution in [2.75, 3.05) is 6.54 Å².